The third kappa shape index (κ3) is 4.76. The lowest BCUT2D eigenvalue weighted by atomic mass is 10.1. The SMILES string of the molecule is C=Cc1c(/C=C\C(=C)F)ccc(=C)ccccc1=C. The van der Waals surface area contributed by atoms with Crippen molar-refractivity contribution in [2.75, 3.05) is 0 Å². The van der Waals surface area contributed by atoms with Crippen molar-refractivity contribution >= 4 is 25.3 Å². The summed E-state index contributed by atoms with van der Waals surface area (Å²) >= 11 is 0. The van der Waals surface area contributed by atoms with E-state index in [0.717, 1.165) is 21.6 Å². The molecule has 0 atom stereocenters. The fourth-order valence-electron chi connectivity index (χ4n) is 1.54. The smallest absolute Gasteiger partial charge is 0.116 e. The summed E-state index contributed by atoms with van der Waals surface area (Å²) in [5.74, 6) is -0.499. The molecule has 1 aromatic rings. The number of rotatable bonds is 3. The molecule has 0 saturated heterocycles. The molecule has 0 amide bonds. The minimum atomic E-state index is -0.499. The number of hydrogen-bond donors (Lipinski definition) is 0. The van der Waals surface area contributed by atoms with Gasteiger partial charge in [-0.15, -0.1) is 0 Å². The molecule has 0 unspecified atom stereocenters. The fourth-order valence-corrected chi connectivity index (χ4v) is 1.54. The van der Waals surface area contributed by atoms with Gasteiger partial charge >= 0.3 is 0 Å². The van der Waals surface area contributed by atoms with Crippen molar-refractivity contribution in [3.63, 3.8) is 0 Å². The van der Waals surface area contributed by atoms with E-state index in [0.29, 0.717) is 0 Å². The molecule has 0 aliphatic carbocycles. The largest absolute Gasteiger partial charge is 0.208 e. The minimum Gasteiger partial charge on any atom is -0.208 e. The summed E-state index contributed by atoms with van der Waals surface area (Å²) in [5, 5.41) is 1.66. The standard InChI is InChI=1S/C18H17F/c1-5-18-15(3)9-7-6-8-14(2)10-12-17(18)13-11-16(4)19/h5-13H,1-4H2/b8-6?,9-7?,12-10?,13-11-,18-17?. The van der Waals surface area contributed by atoms with Crippen LogP contribution in [0.25, 0.3) is 25.3 Å². The highest BCUT2D eigenvalue weighted by molar-refractivity contribution is 5.65. The van der Waals surface area contributed by atoms with Gasteiger partial charge in [-0.25, -0.2) is 4.39 Å². The number of hydrogen-bond acceptors (Lipinski definition) is 0. The van der Waals surface area contributed by atoms with Crippen LogP contribution in [0.3, 0.4) is 0 Å². The molecule has 0 aromatic heterocycles. The van der Waals surface area contributed by atoms with Crippen LogP contribution in [0.1, 0.15) is 11.1 Å². The lowest BCUT2D eigenvalue weighted by Crippen LogP contribution is -2.02. The fraction of sp³-hybridized carbons (Fsp3) is 0. The van der Waals surface area contributed by atoms with Crippen molar-refractivity contribution in [3.05, 3.63) is 83.0 Å². The van der Waals surface area contributed by atoms with Gasteiger partial charge in [0.15, 0.2) is 0 Å². The van der Waals surface area contributed by atoms with Crippen LogP contribution in [-0.4, -0.2) is 0 Å². The van der Waals surface area contributed by atoms with Crippen LogP contribution in [0.5, 0.6) is 0 Å². The van der Waals surface area contributed by atoms with Gasteiger partial charge in [-0.05, 0) is 27.6 Å². The Morgan fingerprint density at radius 2 is 1.74 bits per heavy atom. The lowest BCUT2D eigenvalue weighted by molar-refractivity contribution is 0.672. The zero-order valence-corrected chi connectivity index (χ0v) is 10.9. The van der Waals surface area contributed by atoms with Crippen molar-refractivity contribution < 1.29 is 4.39 Å². The molecule has 0 saturated carbocycles. The highest BCUT2D eigenvalue weighted by Crippen LogP contribution is 2.07. The van der Waals surface area contributed by atoms with Gasteiger partial charge in [0.25, 0.3) is 0 Å². The molecule has 0 radical (unpaired) electrons. The molecule has 1 rings (SSSR count). The molecule has 0 bridgehead atoms. The molecular formula is C18H17F. The summed E-state index contributed by atoms with van der Waals surface area (Å²) in [4.78, 5) is 0. The van der Waals surface area contributed by atoms with Crippen LogP contribution < -0.4 is 10.4 Å². The molecule has 19 heavy (non-hydrogen) atoms. The van der Waals surface area contributed by atoms with Crippen LogP contribution in [0.15, 0.2) is 61.5 Å². The maximum Gasteiger partial charge on any atom is 0.116 e. The van der Waals surface area contributed by atoms with E-state index >= 15 is 0 Å². The third-order valence-corrected chi connectivity index (χ3v) is 2.50. The average molecular weight is 252 g/mol. The van der Waals surface area contributed by atoms with E-state index < -0.39 is 5.83 Å². The summed E-state index contributed by atoms with van der Waals surface area (Å²) in [6.07, 6.45) is 4.66. The Balaban J connectivity index is 3.70. The molecule has 0 aliphatic rings. The Labute approximate surface area is 113 Å². The summed E-state index contributed by atoms with van der Waals surface area (Å²) in [6.45, 7) is 14.9. The Morgan fingerprint density at radius 1 is 1.05 bits per heavy atom. The molecule has 0 nitrogen and oxygen atoms in total. The monoisotopic (exact) mass is 252 g/mol. The van der Waals surface area contributed by atoms with Crippen molar-refractivity contribution in [2.24, 2.45) is 0 Å². The van der Waals surface area contributed by atoms with E-state index in [1.54, 1.807) is 12.2 Å². The van der Waals surface area contributed by atoms with Crippen LogP contribution in [-0.2, 0) is 0 Å². The molecule has 0 N–H and O–H groups in total. The summed E-state index contributed by atoms with van der Waals surface area (Å²) < 4.78 is 12.8. The summed E-state index contributed by atoms with van der Waals surface area (Å²) in [6, 6.07) is 11.2. The van der Waals surface area contributed by atoms with Crippen molar-refractivity contribution in [2.45, 2.75) is 0 Å². The van der Waals surface area contributed by atoms with Gasteiger partial charge in [0.2, 0.25) is 0 Å². The van der Waals surface area contributed by atoms with E-state index in [2.05, 4.69) is 26.3 Å². The Hall–Kier alpha value is -2.41. The van der Waals surface area contributed by atoms with Crippen LogP contribution in [0.2, 0.25) is 0 Å². The number of allylic oxidation sites excluding steroid dienone is 2. The quantitative estimate of drug-likeness (QED) is 0.718. The topological polar surface area (TPSA) is 0 Å². The van der Waals surface area contributed by atoms with Gasteiger partial charge in [0, 0.05) is 0 Å². The lowest BCUT2D eigenvalue weighted by Gasteiger charge is -1.98. The minimum absolute atomic E-state index is 0.499. The summed E-state index contributed by atoms with van der Waals surface area (Å²) in [5.41, 5.74) is 1.65. The van der Waals surface area contributed by atoms with E-state index in [-0.39, 0.29) is 0 Å². The Bertz CT molecular complexity index is 665. The maximum absolute atomic E-state index is 12.8. The van der Waals surface area contributed by atoms with E-state index in [1.165, 1.54) is 6.08 Å². The molecular weight excluding hydrogens is 235 g/mol. The molecule has 1 aromatic carbocycles. The van der Waals surface area contributed by atoms with Crippen molar-refractivity contribution in [1.82, 2.24) is 0 Å². The predicted molar refractivity (Wildman–Crippen MR) is 83.7 cm³/mol. The first-order valence-corrected chi connectivity index (χ1v) is 5.85. The van der Waals surface area contributed by atoms with Gasteiger partial charge in [-0.2, -0.15) is 0 Å². The van der Waals surface area contributed by atoms with Crippen LogP contribution >= 0.6 is 0 Å². The molecule has 0 spiro atoms. The summed E-state index contributed by atoms with van der Waals surface area (Å²) in [7, 11) is 0. The molecule has 0 fully saturated rings. The predicted octanol–water partition coefficient (Wildman–Crippen LogP) is 3.77. The Kier molecular flexibility index (Phi) is 5.49. The zero-order chi connectivity index (χ0) is 14.3. The van der Waals surface area contributed by atoms with Gasteiger partial charge in [0.05, 0.1) is 0 Å². The number of halogens is 1. The van der Waals surface area contributed by atoms with Crippen LogP contribution in [0.4, 0.5) is 4.39 Å². The van der Waals surface area contributed by atoms with E-state index in [4.69, 9.17) is 0 Å². The van der Waals surface area contributed by atoms with E-state index in [1.807, 2.05) is 36.4 Å². The van der Waals surface area contributed by atoms with Gasteiger partial charge in [-0.1, -0.05) is 74.9 Å². The molecule has 0 heterocycles. The second-order valence-electron chi connectivity index (χ2n) is 4.01. The first kappa shape index (κ1) is 14.7. The second kappa shape index (κ2) is 7.12. The van der Waals surface area contributed by atoms with Gasteiger partial charge in [0.1, 0.15) is 5.83 Å². The molecule has 96 valence electrons. The third-order valence-electron chi connectivity index (χ3n) is 2.50. The average Bonchev–Trinajstić information content (AvgIpc) is 2.37. The van der Waals surface area contributed by atoms with Crippen molar-refractivity contribution in [1.29, 1.82) is 0 Å². The molecule has 1 heteroatoms. The van der Waals surface area contributed by atoms with E-state index in [9.17, 15) is 4.39 Å². The van der Waals surface area contributed by atoms with Crippen LogP contribution in [0, 0.1) is 0 Å². The highest BCUT2D eigenvalue weighted by atomic mass is 19.1. The van der Waals surface area contributed by atoms with Crippen molar-refractivity contribution in [3.8, 4) is 0 Å². The second-order valence-corrected chi connectivity index (χ2v) is 4.01. The zero-order valence-electron chi connectivity index (χ0n) is 10.9. The maximum atomic E-state index is 12.8. The molecule has 0 aliphatic heterocycles. The Morgan fingerprint density at radius 3 is 2.37 bits per heavy atom. The van der Waals surface area contributed by atoms with Gasteiger partial charge in [-0.3, -0.25) is 0 Å². The van der Waals surface area contributed by atoms with Gasteiger partial charge < -0.3 is 0 Å². The highest BCUT2D eigenvalue weighted by Gasteiger charge is 1.93. The first-order valence-electron chi connectivity index (χ1n) is 5.85. The normalized spacial score (nSPS) is 9.95. The first-order chi connectivity index (χ1) is 9.04.